The largest absolute Gasteiger partial charge is 0.380 e. The molecule has 3 aliphatic rings. The minimum atomic E-state index is 0.0211. The van der Waals surface area contributed by atoms with Crippen molar-refractivity contribution in [2.75, 3.05) is 31.5 Å². The zero-order valence-corrected chi connectivity index (χ0v) is 14.0. The Morgan fingerprint density at radius 1 is 1.21 bits per heavy atom. The summed E-state index contributed by atoms with van der Waals surface area (Å²) < 4.78 is 0. The summed E-state index contributed by atoms with van der Waals surface area (Å²) in [6.45, 7) is 5.43. The third-order valence-electron chi connectivity index (χ3n) is 5.37. The monoisotopic (exact) mass is 328 g/mol. The van der Waals surface area contributed by atoms with E-state index in [2.05, 4.69) is 33.8 Å². The van der Waals surface area contributed by atoms with Crippen LogP contribution in [0.25, 0.3) is 0 Å². The van der Waals surface area contributed by atoms with Gasteiger partial charge in [-0.25, -0.2) is 0 Å². The van der Waals surface area contributed by atoms with Crippen molar-refractivity contribution in [2.24, 2.45) is 0 Å². The van der Waals surface area contributed by atoms with Gasteiger partial charge in [-0.15, -0.1) is 0 Å². The van der Waals surface area contributed by atoms with E-state index in [4.69, 9.17) is 0 Å². The molecule has 2 saturated heterocycles. The van der Waals surface area contributed by atoms with E-state index in [0.29, 0.717) is 18.5 Å². The summed E-state index contributed by atoms with van der Waals surface area (Å²) in [5.41, 5.74) is 2.97. The average molecular weight is 328 g/mol. The number of nitrogens with one attached hydrogen (secondary N) is 3. The first-order valence-corrected chi connectivity index (χ1v) is 8.82. The predicted octanol–water partition coefficient (Wildman–Crippen LogP) is 0.908. The first-order valence-electron chi connectivity index (χ1n) is 8.82. The molecule has 0 radical (unpaired) electrons. The molecule has 3 aliphatic heterocycles. The molecule has 0 bridgehead atoms. The lowest BCUT2D eigenvalue weighted by molar-refractivity contribution is -0.130. The third kappa shape index (κ3) is 2.75. The Labute approximate surface area is 142 Å². The van der Waals surface area contributed by atoms with E-state index in [1.54, 1.807) is 0 Å². The van der Waals surface area contributed by atoms with Gasteiger partial charge in [0.05, 0.1) is 12.1 Å². The van der Waals surface area contributed by atoms with Gasteiger partial charge >= 0.3 is 0 Å². The molecule has 0 spiro atoms. The Hall–Kier alpha value is -2.08. The predicted molar refractivity (Wildman–Crippen MR) is 92.2 cm³/mol. The van der Waals surface area contributed by atoms with E-state index < -0.39 is 0 Å². The maximum atomic E-state index is 11.9. The first-order chi connectivity index (χ1) is 11.6. The van der Waals surface area contributed by atoms with Gasteiger partial charge < -0.3 is 16.0 Å². The van der Waals surface area contributed by atoms with Crippen LogP contribution in [0.15, 0.2) is 18.2 Å². The Bertz CT molecular complexity index is 669. The summed E-state index contributed by atoms with van der Waals surface area (Å²) in [5.74, 6) is 0.532. The lowest BCUT2D eigenvalue weighted by Crippen LogP contribution is -2.63. The van der Waals surface area contributed by atoms with Crippen LogP contribution >= 0.6 is 0 Å². The molecule has 24 heavy (non-hydrogen) atoms. The first kappa shape index (κ1) is 15.4. The van der Waals surface area contributed by atoms with Crippen LogP contribution in [0.1, 0.15) is 41.6 Å². The number of rotatable bonds is 3. The molecule has 3 N–H and O–H groups in total. The summed E-state index contributed by atoms with van der Waals surface area (Å²) >= 11 is 0. The van der Waals surface area contributed by atoms with Crippen LogP contribution in [0.3, 0.4) is 0 Å². The van der Waals surface area contributed by atoms with Gasteiger partial charge in [-0.3, -0.25) is 14.5 Å². The number of amides is 2. The molecule has 1 aromatic rings. The minimum Gasteiger partial charge on any atom is -0.380 e. The second-order valence-corrected chi connectivity index (χ2v) is 7.16. The Morgan fingerprint density at radius 2 is 2.04 bits per heavy atom. The highest BCUT2D eigenvalue weighted by atomic mass is 16.2. The Morgan fingerprint density at radius 3 is 2.83 bits per heavy atom. The fourth-order valence-electron chi connectivity index (χ4n) is 3.92. The number of hydrogen-bond acceptors (Lipinski definition) is 4. The number of carbonyl (C=O) groups excluding carboxylic acids is 2. The highest BCUT2D eigenvalue weighted by Gasteiger charge is 2.37. The summed E-state index contributed by atoms with van der Waals surface area (Å²) in [6.07, 6.45) is 2.03. The van der Waals surface area contributed by atoms with E-state index in [9.17, 15) is 9.59 Å². The number of nitrogens with zero attached hydrogens (tertiary/aromatic N) is 1. The Balaban J connectivity index is 1.38. The van der Waals surface area contributed by atoms with E-state index in [-0.39, 0.29) is 17.9 Å². The molecule has 2 fully saturated rings. The summed E-state index contributed by atoms with van der Waals surface area (Å²) in [6, 6.07) is 6.41. The van der Waals surface area contributed by atoms with Crippen molar-refractivity contribution >= 4 is 17.5 Å². The topological polar surface area (TPSA) is 73.5 Å². The maximum absolute atomic E-state index is 11.9. The number of anilines is 1. The Kier molecular flexibility index (Phi) is 3.92. The highest BCUT2D eigenvalue weighted by Crippen LogP contribution is 2.28. The second kappa shape index (κ2) is 6.09. The van der Waals surface area contributed by atoms with Crippen LogP contribution in [0.5, 0.6) is 0 Å². The van der Waals surface area contributed by atoms with E-state index >= 15 is 0 Å². The number of benzene rings is 1. The number of likely N-dealkylation sites (tertiary alicyclic amines) is 1. The molecule has 2 atom stereocenters. The van der Waals surface area contributed by atoms with Crippen LogP contribution in [0, 0.1) is 0 Å². The number of hydrogen-bond donors (Lipinski definition) is 3. The fourth-order valence-corrected chi connectivity index (χ4v) is 3.92. The van der Waals surface area contributed by atoms with Crippen molar-refractivity contribution in [3.63, 3.8) is 0 Å². The molecule has 1 unspecified atom stereocenters. The van der Waals surface area contributed by atoms with Crippen molar-refractivity contribution in [1.82, 2.24) is 15.5 Å². The molecule has 3 heterocycles. The normalized spacial score (nSPS) is 27.7. The number of carbonyl (C=O) groups is 2. The van der Waals surface area contributed by atoms with Crippen LogP contribution in [0.4, 0.5) is 5.69 Å². The highest BCUT2D eigenvalue weighted by molar-refractivity contribution is 5.97. The lowest BCUT2D eigenvalue weighted by Gasteiger charge is -2.45. The van der Waals surface area contributed by atoms with Gasteiger partial charge in [0.25, 0.3) is 5.91 Å². The van der Waals surface area contributed by atoms with Gasteiger partial charge in [0.1, 0.15) is 0 Å². The molecule has 2 amide bonds. The molecular formula is C18H24N4O2. The van der Waals surface area contributed by atoms with Crippen LogP contribution in [0.2, 0.25) is 0 Å². The van der Waals surface area contributed by atoms with Crippen molar-refractivity contribution in [3.8, 4) is 0 Å². The second-order valence-electron chi connectivity index (χ2n) is 7.16. The average Bonchev–Trinajstić information content (AvgIpc) is 2.55. The zero-order valence-electron chi connectivity index (χ0n) is 14.0. The smallest absolute Gasteiger partial charge is 0.251 e. The summed E-state index contributed by atoms with van der Waals surface area (Å²) in [4.78, 5) is 26.1. The zero-order chi connectivity index (χ0) is 16.7. The van der Waals surface area contributed by atoms with Crippen LogP contribution < -0.4 is 16.0 Å². The van der Waals surface area contributed by atoms with Gasteiger partial charge in [0.2, 0.25) is 5.91 Å². The minimum absolute atomic E-state index is 0.0211. The summed E-state index contributed by atoms with van der Waals surface area (Å²) in [5, 5.41) is 9.41. The molecule has 0 aliphatic carbocycles. The standard InChI is InChI=1S/C18H24N4O2/c1-11-8-20-17(23)14-5-4-12(7-15(11)14)21-13-9-22(10-13)16-3-2-6-19-18(16)24/h4-5,7,11,13,16,21H,2-3,6,8-10H2,1H3,(H,19,24)(H,20,23)/t11?,16-/m1/s1. The van der Waals surface area contributed by atoms with E-state index in [1.165, 1.54) is 0 Å². The van der Waals surface area contributed by atoms with Gasteiger partial charge in [0.15, 0.2) is 0 Å². The van der Waals surface area contributed by atoms with Gasteiger partial charge in [-0.05, 0) is 42.5 Å². The quantitative estimate of drug-likeness (QED) is 0.771. The third-order valence-corrected chi connectivity index (χ3v) is 5.37. The van der Waals surface area contributed by atoms with Crippen molar-refractivity contribution in [2.45, 2.75) is 37.8 Å². The van der Waals surface area contributed by atoms with Gasteiger partial charge in [-0.1, -0.05) is 6.92 Å². The van der Waals surface area contributed by atoms with Crippen molar-refractivity contribution in [1.29, 1.82) is 0 Å². The fraction of sp³-hybridized carbons (Fsp3) is 0.556. The molecule has 6 nitrogen and oxygen atoms in total. The molecule has 128 valence electrons. The van der Waals surface area contributed by atoms with Gasteiger partial charge in [-0.2, -0.15) is 0 Å². The number of fused-ring (bicyclic) bond motifs is 1. The molecule has 0 saturated carbocycles. The summed E-state index contributed by atoms with van der Waals surface area (Å²) in [7, 11) is 0. The number of piperidine rings is 1. The molecular weight excluding hydrogens is 304 g/mol. The van der Waals surface area contributed by atoms with Crippen LogP contribution in [-0.2, 0) is 4.79 Å². The van der Waals surface area contributed by atoms with Crippen molar-refractivity contribution < 1.29 is 9.59 Å². The van der Waals surface area contributed by atoms with Gasteiger partial charge in [0, 0.05) is 37.4 Å². The maximum Gasteiger partial charge on any atom is 0.251 e. The van der Waals surface area contributed by atoms with E-state index in [1.807, 2.05) is 12.1 Å². The SMILES string of the molecule is CC1CNC(=O)c2ccc(NC3CN([C@@H]4CCCNC4=O)C3)cc21. The van der Waals surface area contributed by atoms with Crippen molar-refractivity contribution in [3.05, 3.63) is 29.3 Å². The molecule has 6 heteroatoms. The molecule has 0 aromatic heterocycles. The lowest BCUT2D eigenvalue weighted by atomic mass is 9.91. The van der Waals surface area contributed by atoms with Crippen LogP contribution in [-0.4, -0.2) is 55.0 Å². The molecule has 4 rings (SSSR count). The molecule has 1 aromatic carbocycles. The van der Waals surface area contributed by atoms with E-state index in [0.717, 1.165) is 49.3 Å².